The summed E-state index contributed by atoms with van der Waals surface area (Å²) in [6.45, 7) is 4.85. The standard InChI is InChI=1S/C12H20BrNO3/c1-9-8-17-11(6-13)7-14(9)12(15)10-2-4-16-5-3-10/h9-11H,2-8H2,1H3. The molecule has 0 saturated carbocycles. The second-order valence-electron chi connectivity index (χ2n) is 4.84. The number of carbonyl (C=O) groups excluding carboxylic acids is 1. The van der Waals surface area contributed by atoms with Crippen molar-refractivity contribution < 1.29 is 14.3 Å². The van der Waals surface area contributed by atoms with Crippen LogP contribution in [0.2, 0.25) is 0 Å². The lowest BCUT2D eigenvalue weighted by molar-refractivity contribution is -0.150. The molecule has 2 heterocycles. The quantitative estimate of drug-likeness (QED) is 0.724. The number of alkyl halides is 1. The lowest BCUT2D eigenvalue weighted by Gasteiger charge is -2.39. The molecular weight excluding hydrogens is 286 g/mol. The predicted molar refractivity (Wildman–Crippen MR) is 68.3 cm³/mol. The number of carbonyl (C=O) groups is 1. The van der Waals surface area contributed by atoms with E-state index in [4.69, 9.17) is 9.47 Å². The maximum absolute atomic E-state index is 12.4. The van der Waals surface area contributed by atoms with Crippen molar-refractivity contribution in [2.45, 2.75) is 31.9 Å². The highest BCUT2D eigenvalue weighted by Gasteiger charge is 2.33. The molecule has 17 heavy (non-hydrogen) atoms. The number of hydrogen-bond acceptors (Lipinski definition) is 3. The Morgan fingerprint density at radius 2 is 2.12 bits per heavy atom. The third-order valence-electron chi connectivity index (χ3n) is 3.53. The van der Waals surface area contributed by atoms with Crippen molar-refractivity contribution in [3.05, 3.63) is 0 Å². The fourth-order valence-corrected chi connectivity index (χ4v) is 2.79. The molecule has 2 aliphatic heterocycles. The van der Waals surface area contributed by atoms with Gasteiger partial charge in [-0.05, 0) is 19.8 Å². The van der Waals surface area contributed by atoms with Gasteiger partial charge in [-0.15, -0.1) is 0 Å². The number of amides is 1. The van der Waals surface area contributed by atoms with Gasteiger partial charge in [-0.2, -0.15) is 0 Å². The Labute approximate surface area is 111 Å². The van der Waals surface area contributed by atoms with E-state index in [0.717, 1.165) is 31.4 Å². The molecule has 0 aliphatic carbocycles. The molecule has 5 heteroatoms. The Balaban J connectivity index is 1.95. The van der Waals surface area contributed by atoms with Crippen molar-refractivity contribution in [3.8, 4) is 0 Å². The first-order chi connectivity index (χ1) is 8.22. The summed E-state index contributed by atoms with van der Waals surface area (Å²) in [7, 11) is 0. The van der Waals surface area contributed by atoms with Crippen LogP contribution in [0.25, 0.3) is 0 Å². The average Bonchev–Trinajstić information content (AvgIpc) is 2.39. The maximum atomic E-state index is 12.4. The number of halogens is 1. The Hall–Kier alpha value is -0.130. The zero-order chi connectivity index (χ0) is 12.3. The van der Waals surface area contributed by atoms with E-state index >= 15 is 0 Å². The molecular formula is C12H20BrNO3. The number of nitrogens with zero attached hydrogens (tertiary/aromatic N) is 1. The van der Waals surface area contributed by atoms with Gasteiger partial charge in [0.15, 0.2) is 0 Å². The van der Waals surface area contributed by atoms with Gasteiger partial charge in [0, 0.05) is 31.0 Å². The summed E-state index contributed by atoms with van der Waals surface area (Å²) in [5, 5.41) is 0.789. The summed E-state index contributed by atoms with van der Waals surface area (Å²) >= 11 is 3.42. The third-order valence-corrected chi connectivity index (χ3v) is 4.25. The van der Waals surface area contributed by atoms with Crippen molar-refractivity contribution >= 4 is 21.8 Å². The zero-order valence-electron chi connectivity index (χ0n) is 10.2. The van der Waals surface area contributed by atoms with E-state index in [1.54, 1.807) is 0 Å². The van der Waals surface area contributed by atoms with Gasteiger partial charge in [0.2, 0.25) is 5.91 Å². The van der Waals surface area contributed by atoms with Crippen molar-refractivity contribution in [1.82, 2.24) is 4.90 Å². The highest BCUT2D eigenvalue weighted by Crippen LogP contribution is 2.22. The van der Waals surface area contributed by atoms with Crippen molar-refractivity contribution in [3.63, 3.8) is 0 Å². The minimum Gasteiger partial charge on any atom is -0.381 e. The largest absolute Gasteiger partial charge is 0.381 e. The van der Waals surface area contributed by atoms with E-state index in [-0.39, 0.29) is 24.0 Å². The van der Waals surface area contributed by atoms with Crippen molar-refractivity contribution in [1.29, 1.82) is 0 Å². The third kappa shape index (κ3) is 3.20. The second-order valence-corrected chi connectivity index (χ2v) is 5.48. The predicted octanol–water partition coefficient (Wildman–Crippen LogP) is 1.42. The van der Waals surface area contributed by atoms with Crippen LogP contribution in [0.3, 0.4) is 0 Å². The molecule has 0 aromatic carbocycles. The molecule has 2 saturated heterocycles. The smallest absolute Gasteiger partial charge is 0.226 e. The minimum atomic E-state index is 0.134. The lowest BCUT2D eigenvalue weighted by atomic mass is 9.97. The first-order valence-corrected chi connectivity index (χ1v) is 7.40. The highest BCUT2D eigenvalue weighted by molar-refractivity contribution is 9.09. The average molecular weight is 306 g/mol. The van der Waals surface area contributed by atoms with Gasteiger partial charge in [0.1, 0.15) is 0 Å². The molecule has 1 amide bonds. The summed E-state index contributed by atoms with van der Waals surface area (Å²) in [4.78, 5) is 14.4. The molecule has 98 valence electrons. The summed E-state index contributed by atoms with van der Waals surface area (Å²) < 4.78 is 10.9. The summed E-state index contributed by atoms with van der Waals surface area (Å²) in [5.74, 6) is 0.440. The molecule has 0 aromatic heterocycles. The molecule has 2 atom stereocenters. The lowest BCUT2D eigenvalue weighted by Crippen LogP contribution is -2.53. The number of rotatable bonds is 2. The SMILES string of the molecule is CC1COC(CBr)CN1C(=O)C1CCOCC1. The highest BCUT2D eigenvalue weighted by atomic mass is 79.9. The van der Waals surface area contributed by atoms with Crippen LogP contribution in [0.1, 0.15) is 19.8 Å². The van der Waals surface area contributed by atoms with E-state index in [1.807, 2.05) is 4.90 Å². The van der Waals surface area contributed by atoms with E-state index in [1.165, 1.54) is 0 Å². The van der Waals surface area contributed by atoms with Gasteiger partial charge in [0.05, 0.1) is 18.8 Å². The summed E-state index contributed by atoms with van der Waals surface area (Å²) in [6.07, 6.45) is 1.86. The van der Waals surface area contributed by atoms with E-state index in [9.17, 15) is 4.79 Å². The van der Waals surface area contributed by atoms with Gasteiger partial charge in [-0.1, -0.05) is 15.9 Å². The van der Waals surface area contributed by atoms with Crippen LogP contribution in [0.5, 0.6) is 0 Å². The van der Waals surface area contributed by atoms with Gasteiger partial charge < -0.3 is 14.4 Å². The van der Waals surface area contributed by atoms with Gasteiger partial charge in [0.25, 0.3) is 0 Å². The van der Waals surface area contributed by atoms with Crippen LogP contribution in [0.4, 0.5) is 0 Å². The molecule has 0 N–H and O–H groups in total. The monoisotopic (exact) mass is 305 g/mol. The second kappa shape index (κ2) is 6.16. The Kier molecular flexibility index (Phi) is 4.82. The summed E-state index contributed by atoms with van der Waals surface area (Å²) in [6, 6.07) is 0.195. The first kappa shape index (κ1) is 13.3. The topological polar surface area (TPSA) is 38.8 Å². The van der Waals surface area contributed by atoms with Crippen LogP contribution in [0.15, 0.2) is 0 Å². The van der Waals surface area contributed by atoms with Gasteiger partial charge in [-0.3, -0.25) is 4.79 Å². The molecule has 2 aliphatic rings. The molecule has 0 bridgehead atoms. The maximum Gasteiger partial charge on any atom is 0.226 e. The van der Waals surface area contributed by atoms with E-state index in [2.05, 4.69) is 22.9 Å². The molecule has 4 nitrogen and oxygen atoms in total. The zero-order valence-corrected chi connectivity index (χ0v) is 11.8. The van der Waals surface area contributed by atoms with Crippen LogP contribution < -0.4 is 0 Å². The van der Waals surface area contributed by atoms with E-state index < -0.39 is 0 Å². The number of hydrogen-bond donors (Lipinski definition) is 0. The van der Waals surface area contributed by atoms with Crippen molar-refractivity contribution in [2.75, 3.05) is 31.7 Å². The van der Waals surface area contributed by atoms with Crippen molar-refractivity contribution in [2.24, 2.45) is 5.92 Å². The molecule has 0 spiro atoms. The van der Waals surface area contributed by atoms with Crippen LogP contribution in [0, 0.1) is 5.92 Å². The Bertz CT molecular complexity index is 268. The Morgan fingerprint density at radius 1 is 1.41 bits per heavy atom. The van der Waals surface area contributed by atoms with Gasteiger partial charge in [-0.25, -0.2) is 0 Å². The molecule has 0 aromatic rings. The van der Waals surface area contributed by atoms with Crippen LogP contribution in [-0.2, 0) is 14.3 Å². The van der Waals surface area contributed by atoms with Crippen LogP contribution >= 0.6 is 15.9 Å². The number of morpholine rings is 1. The molecule has 0 radical (unpaired) electrons. The first-order valence-electron chi connectivity index (χ1n) is 6.28. The minimum absolute atomic E-state index is 0.134. The fraction of sp³-hybridized carbons (Fsp3) is 0.917. The molecule has 2 unspecified atom stereocenters. The molecule has 2 fully saturated rings. The summed E-state index contributed by atoms with van der Waals surface area (Å²) in [5.41, 5.74) is 0. The normalized spacial score (nSPS) is 31.5. The van der Waals surface area contributed by atoms with Gasteiger partial charge >= 0.3 is 0 Å². The fourth-order valence-electron chi connectivity index (χ4n) is 2.40. The van der Waals surface area contributed by atoms with Crippen LogP contribution in [-0.4, -0.2) is 54.6 Å². The van der Waals surface area contributed by atoms with E-state index in [0.29, 0.717) is 13.2 Å². The molecule has 2 rings (SSSR count). The Morgan fingerprint density at radius 3 is 2.76 bits per heavy atom. The number of ether oxygens (including phenoxy) is 2.